The van der Waals surface area contributed by atoms with Crippen molar-refractivity contribution < 1.29 is 0 Å². The number of allylic oxidation sites excluding steroid dienone is 1. The molecule has 0 aliphatic heterocycles. The van der Waals surface area contributed by atoms with Crippen LogP contribution in [0.2, 0.25) is 0 Å². The Morgan fingerprint density at radius 2 is 2.32 bits per heavy atom. The van der Waals surface area contributed by atoms with Gasteiger partial charge in [0.1, 0.15) is 0 Å². The number of rotatable bonds is 7. The van der Waals surface area contributed by atoms with E-state index < -0.39 is 0 Å². The molecule has 1 heterocycles. The van der Waals surface area contributed by atoms with Crippen LogP contribution in [0.5, 0.6) is 0 Å². The van der Waals surface area contributed by atoms with Gasteiger partial charge in [0.25, 0.3) is 0 Å². The first-order valence-electron chi connectivity index (χ1n) is 7.35. The fraction of sp³-hybridized carbons (Fsp3) is 0.667. The van der Waals surface area contributed by atoms with Crippen LogP contribution >= 0.6 is 0 Å². The van der Waals surface area contributed by atoms with Gasteiger partial charge in [-0.25, -0.2) is 4.98 Å². The lowest BCUT2D eigenvalue weighted by atomic mass is 10.1. The summed E-state index contributed by atoms with van der Waals surface area (Å²) in [4.78, 5) is 4.25. The van der Waals surface area contributed by atoms with E-state index in [1.54, 1.807) is 5.57 Å². The van der Waals surface area contributed by atoms with Gasteiger partial charge in [-0.1, -0.05) is 11.6 Å². The number of nitrogens with one attached hydrogen (secondary N) is 1. The quantitative estimate of drug-likeness (QED) is 0.743. The maximum atomic E-state index is 5.91. The number of nitrogens with zero attached hydrogens (tertiary/aromatic N) is 2. The van der Waals surface area contributed by atoms with Crippen molar-refractivity contribution in [2.24, 2.45) is 5.73 Å². The second kappa shape index (κ2) is 6.87. The molecule has 4 nitrogen and oxygen atoms in total. The summed E-state index contributed by atoms with van der Waals surface area (Å²) in [6.07, 6.45) is 11.2. The first-order chi connectivity index (χ1) is 9.22. The highest BCUT2D eigenvalue weighted by atomic mass is 15.1. The molecule has 106 valence electrons. The maximum absolute atomic E-state index is 5.91. The van der Waals surface area contributed by atoms with E-state index in [2.05, 4.69) is 34.8 Å². The minimum absolute atomic E-state index is 0.201. The molecular weight excluding hydrogens is 236 g/mol. The number of hydrogen-bond acceptors (Lipinski definition) is 3. The molecule has 0 bridgehead atoms. The standard InChI is InChI=1S/C15H26N4/c1-12(2)19-11-17-10-15(19)14(9-16)18-8-7-13-5-3-4-6-13/h5,10-12,14,18H,3-4,6-9,16H2,1-2H3. The van der Waals surface area contributed by atoms with Gasteiger partial charge in [0.05, 0.1) is 18.1 Å². The summed E-state index contributed by atoms with van der Waals surface area (Å²) in [6, 6.07) is 0.623. The van der Waals surface area contributed by atoms with Gasteiger partial charge in [0.2, 0.25) is 0 Å². The number of hydrogen-bond donors (Lipinski definition) is 2. The predicted octanol–water partition coefficient (Wildman–Crippen LogP) is 2.55. The Morgan fingerprint density at radius 3 is 2.95 bits per heavy atom. The van der Waals surface area contributed by atoms with Crippen molar-refractivity contribution in [2.45, 2.75) is 51.6 Å². The van der Waals surface area contributed by atoms with Crippen LogP contribution in [0.3, 0.4) is 0 Å². The molecule has 1 aliphatic carbocycles. The molecule has 0 radical (unpaired) electrons. The van der Waals surface area contributed by atoms with Crippen LogP contribution in [0.4, 0.5) is 0 Å². The average molecular weight is 262 g/mol. The van der Waals surface area contributed by atoms with E-state index in [0.717, 1.165) is 13.0 Å². The minimum atomic E-state index is 0.201. The zero-order valence-corrected chi connectivity index (χ0v) is 12.1. The Hall–Kier alpha value is -1.13. The van der Waals surface area contributed by atoms with Crippen molar-refractivity contribution in [1.29, 1.82) is 0 Å². The van der Waals surface area contributed by atoms with Gasteiger partial charge < -0.3 is 15.6 Å². The van der Waals surface area contributed by atoms with Crippen LogP contribution in [0.15, 0.2) is 24.2 Å². The molecule has 0 amide bonds. The monoisotopic (exact) mass is 262 g/mol. The zero-order valence-electron chi connectivity index (χ0n) is 12.1. The highest BCUT2D eigenvalue weighted by Gasteiger charge is 2.15. The van der Waals surface area contributed by atoms with Gasteiger partial charge in [-0.15, -0.1) is 0 Å². The van der Waals surface area contributed by atoms with Crippen LogP contribution in [0.25, 0.3) is 0 Å². The Morgan fingerprint density at radius 1 is 1.47 bits per heavy atom. The van der Waals surface area contributed by atoms with Crippen molar-refractivity contribution >= 4 is 0 Å². The molecular formula is C15H26N4. The molecule has 0 saturated carbocycles. The summed E-state index contributed by atoms with van der Waals surface area (Å²) in [7, 11) is 0. The fourth-order valence-corrected chi connectivity index (χ4v) is 2.70. The molecule has 19 heavy (non-hydrogen) atoms. The van der Waals surface area contributed by atoms with Crippen molar-refractivity contribution in [3.8, 4) is 0 Å². The molecule has 3 N–H and O–H groups in total. The Bertz CT molecular complexity index is 420. The lowest BCUT2D eigenvalue weighted by molar-refractivity contribution is 0.480. The second-order valence-corrected chi connectivity index (χ2v) is 5.57. The molecule has 1 aliphatic rings. The summed E-state index contributed by atoms with van der Waals surface area (Å²) in [5.74, 6) is 0. The van der Waals surface area contributed by atoms with Gasteiger partial charge in [0.15, 0.2) is 0 Å². The van der Waals surface area contributed by atoms with Crippen molar-refractivity contribution in [2.75, 3.05) is 13.1 Å². The first-order valence-corrected chi connectivity index (χ1v) is 7.35. The summed E-state index contributed by atoms with van der Waals surface area (Å²) >= 11 is 0. The van der Waals surface area contributed by atoms with E-state index in [1.165, 1.54) is 25.0 Å². The smallest absolute Gasteiger partial charge is 0.0951 e. The Labute approximate surface area is 116 Å². The molecule has 1 atom stereocenters. The number of aromatic nitrogens is 2. The second-order valence-electron chi connectivity index (χ2n) is 5.57. The highest BCUT2D eigenvalue weighted by Crippen LogP contribution is 2.21. The van der Waals surface area contributed by atoms with Gasteiger partial charge in [-0.05, 0) is 46.1 Å². The van der Waals surface area contributed by atoms with Gasteiger partial charge in [0, 0.05) is 18.8 Å². The summed E-state index contributed by atoms with van der Waals surface area (Å²) in [5.41, 5.74) is 8.70. The van der Waals surface area contributed by atoms with E-state index in [9.17, 15) is 0 Å². The normalized spacial score (nSPS) is 16.9. The van der Waals surface area contributed by atoms with Crippen molar-refractivity contribution in [3.05, 3.63) is 29.9 Å². The third-order valence-electron chi connectivity index (χ3n) is 3.82. The summed E-state index contributed by atoms with van der Waals surface area (Å²) in [5, 5.41) is 3.57. The van der Waals surface area contributed by atoms with Crippen molar-refractivity contribution in [1.82, 2.24) is 14.9 Å². The summed E-state index contributed by atoms with van der Waals surface area (Å²) < 4.78 is 2.19. The maximum Gasteiger partial charge on any atom is 0.0951 e. The molecule has 0 aromatic carbocycles. The van der Waals surface area contributed by atoms with Crippen LogP contribution in [0.1, 0.15) is 57.3 Å². The topological polar surface area (TPSA) is 55.9 Å². The molecule has 4 heteroatoms. The van der Waals surface area contributed by atoms with Crippen LogP contribution in [-0.4, -0.2) is 22.6 Å². The fourth-order valence-electron chi connectivity index (χ4n) is 2.70. The Balaban J connectivity index is 1.90. The van der Waals surface area contributed by atoms with Gasteiger partial charge in [-0.3, -0.25) is 0 Å². The third-order valence-corrected chi connectivity index (χ3v) is 3.82. The van der Waals surface area contributed by atoms with Gasteiger partial charge in [-0.2, -0.15) is 0 Å². The first kappa shape index (κ1) is 14.3. The van der Waals surface area contributed by atoms with Crippen molar-refractivity contribution in [3.63, 3.8) is 0 Å². The SMILES string of the molecule is CC(C)n1cncc1C(CN)NCCC1=CCCC1. The molecule has 0 saturated heterocycles. The molecule has 1 aromatic rings. The third kappa shape index (κ3) is 3.67. The van der Waals surface area contributed by atoms with E-state index in [-0.39, 0.29) is 6.04 Å². The van der Waals surface area contributed by atoms with E-state index in [4.69, 9.17) is 5.73 Å². The largest absolute Gasteiger partial charge is 0.331 e. The van der Waals surface area contributed by atoms with Gasteiger partial charge >= 0.3 is 0 Å². The summed E-state index contributed by atoms with van der Waals surface area (Å²) in [6.45, 7) is 5.94. The van der Waals surface area contributed by atoms with Crippen LogP contribution in [0, 0.1) is 0 Å². The average Bonchev–Trinajstić information content (AvgIpc) is 3.05. The molecule has 0 fully saturated rings. The number of nitrogens with two attached hydrogens (primary N) is 1. The van der Waals surface area contributed by atoms with Crippen LogP contribution < -0.4 is 11.1 Å². The van der Waals surface area contributed by atoms with E-state index in [0.29, 0.717) is 12.6 Å². The molecule has 1 unspecified atom stereocenters. The van der Waals surface area contributed by atoms with E-state index in [1.807, 2.05) is 12.5 Å². The molecule has 0 spiro atoms. The lowest BCUT2D eigenvalue weighted by Crippen LogP contribution is -2.31. The molecule has 1 aromatic heterocycles. The lowest BCUT2D eigenvalue weighted by Gasteiger charge is -2.21. The molecule has 2 rings (SSSR count). The Kier molecular flexibility index (Phi) is 5.16. The minimum Gasteiger partial charge on any atom is -0.331 e. The predicted molar refractivity (Wildman–Crippen MR) is 79.0 cm³/mol. The van der Waals surface area contributed by atoms with Crippen LogP contribution in [-0.2, 0) is 0 Å². The van der Waals surface area contributed by atoms with E-state index >= 15 is 0 Å². The number of imidazole rings is 1. The highest BCUT2D eigenvalue weighted by molar-refractivity contribution is 5.09. The zero-order chi connectivity index (χ0) is 13.7.